The van der Waals surface area contributed by atoms with Gasteiger partial charge in [-0.2, -0.15) is 15.0 Å². The van der Waals surface area contributed by atoms with Gasteiger partial charge in [0.25, 0.3) is 5.91 Å². The van der Waals surface area contributed by atoms with Crippen LogP contribution in [-0.2, 0) is 11.2 Å². The largest absolute Gasteiger partial charge is 0.335 e. The molecule has 0 aliphatic carbocycles. The lowest BCUT2D eigenvalue weighted by molar-refractivity contribution is -0.123. The maximum absolute atomic E-state index is 13.6. The summed E-state index contributed by atoms with van der Waals surface area (Å²) in [6.07, 6.45) is 5.23. The van der Waals surface area contributed by atoms with Crippen molar-refractivity contribution in [3.63, 3.8) is 0 Å². The van der Waals surface area contributed by atoms with Crippen molar-refractivity contribution in [3.05, 3.63) is 77.6 Å². The van der Waals surface area contributed by atoms with Gasteiger partial charge in [0.05, 0.1) is 23.6 Å². The zero-order valence-corrected chi connectivity index (χ0v) is 17.4. The number of carbonyl (C=O) groups excluding carboxylic acids is 2. The van der Waals surface area contributed by atoms with Gasteiger partial charge >= 0.3 is 0 Å². The van der Waals surface area contributed by atoms with Gasteiger partial charge in [-0.25, -0.2) is 0 Å². The second-order valence-electron chi connectivity index (χ2n) is 8.05. The summed E-state index contributed by atoms with van der Waals surface area (Å²) >= 11 is 0. The highest BCUT2D eigenvalue weighted by molar-refractivity contribution is 5.98. The first-order valence-corrected chi connectivity index (χ1v) is 10.4. The number of piperidine rings is 1. The third-order valence-electron chi connectivity index (χ3n) is 5.84. The van der Waals surface area contributed by atoms with E-state index >= 15 is 0 Å². The number of benzene rings is 2. The average molecular weight is 402 g/mol. The molecular weight excluding hydrogens is 376 g/mol. The van der Waals surface area contributed by atoms with Crippen molar-refractivity contribution in [2.75, 3.05) is 6.54 Å². The Morgan fingerprint density at radius 3 is 2.50 bits per heavy atom. The minimum Gasteiger partial charge on any atom is -0.335 e. The van der Waals surface area contributed by atoms with E-state index < -0.39 is 0 Å². The second-order valence-corrected chi connectivity index (χ2v) is 8.05. The molecule has 1 fully saturated rings. The Kier molecular flexibility index (Phi) is 5.74. The van der Waals surface area contributed by atoms with Crippen molar-refractivity contribution in [1.29, 1.82) is 0 Å². The van der Waals surface area contributed by atoms with Gasteiger partial charge in [0, 0.05) is 24.9 Å². The number of aromatic nitrogens is 3. The molecule has 0 N–H and O–H groups in total. The summed E-state index contributed by atoms with van der Waals surface area (Å²) in [7, 11) is 0. The molecule has 4 rings (SSSR count). The van der Waals surface area contributed by atoms with Crippen molar-refractivity contribution >= 4 is 11.7 Å². The van der Waals surface area contributed by atoms with Crippen molar-refractivity contribution in [2.24, 2.45) is 5.92 Å². The molecule has 2 heterocycles. The quantitative estimate of drug-likeness (QED) is 0.654. The molecule has 30 heavy (non-hydrogen) atoms. The number of carbonyl (C=O) groups is 2. The molecular formula is C24H26N4O2. The monoisotopic (exact) mass is 402 g/mol. The number of likely N-dealkylation sites (tertiary alicyclic amines) is 1. The van der Waals surface area contributed by atoms with E-state index in [1.54, 1.807) is 12.4 Å². The Balaban J connectivity index is 1.56. The minimum absolute atomic E-state index is 0.0734. The molecule has 3 aromatic rings. The van der Waals surface area contributed by atoms with Gasteiger partial charge in [0.1, 0.15) is 5.78 Å². The molecule has 2 atom stereocenters. The maximum atomic E-state index is 13.6. The average Bonchev–Trinajstić information content (AvgIpc) is 3.29. The summed E-state index contributed by atoms with van der Waals surface area (Å²) in [6.45, 7) is 4.46. The molecule has 6 nitrogen and oxygen atoms in total. The molecule has 1 aliphatic rings. The van der Waals surface area contributed by atoms with Crippen LogP contribution in [0.1, 0.15) is 41.3 Å². The van der Waals surface area contributed by atoms with E-state index in [1.807, 2.05) is 60.4 Å². The topological polar surface area (TPSA) is 68.1 Å². The fourth-order valence-corrected chi connectivity index (χ4v) is 4.08. The minimum atomic E-state index is -0.138. The second kappa shape index (κ2) is 8.61. The molecule has 0 spiro atoms. The number of amides is 1. The summed E-state index contributed by atoms with van der Waals surface area (Å²) in [5.41, 5.74) is 3.23. The van der Waals surface area contributed by atoms with Gasteiger partial charge in [-0.1, -0.05) is 42.0 Å². The van der Waals surface area contributed by atoms with Gasteiger partial charge < -0.3 is 4.90 Å². The van der Waals surface area contributed by atoms with Crippen LogP contribution in [0.3, 0.4) is 0 Å². The van der Waals surface area contributed by atoms with Crippen LogP contribution in [-0.4, -0.2) is 44.2 Å². The molecule has 0 saturated carbocycles. The van der Waals surface area contributed by atoms with Gasteiger partial charge in [0.15, 0.2) is 0 Å². The molecule has 6 heteroatoms. The maximum Gasteiger partial charge on any atom is 0.256 e. The van der Waals surface area contributed by atoms with Crippen LogP contribution in [0.4, 0.5) is 0 Å². The summed E-state index contributed by atoms with van der Waals surface area (Å²) in [4.78, 5) is 29.8. The smallest absolute Gasteiger partial charge is 0.256 e. The fourth-order valence-electron chi connectivity index (χ4n) is 4.08. The third kappa shape index (κ3) is 4.17. The Hall–Kier alpha value is -3.28. The van der Waals surface area contributed by atoms with E-state index in [9.17, 15) is 9.59 Å². The van der Waals surface area contributed by atoms with Crippen molar-refractivity contribution < 1.29 is 9.59 Å². The predicted octanol–water partition coefficient (Wildman–Crippen LogP) is 3.63. The summed E-state index contributed by atoms with van der Waals surface area (Å²) in [5, 5.41) is 8.39. The molecule has 1 aromatic heterocycles. The number of hydrogen-bond donors (Lipinski definition) is 0. The van der Waals surface area contributed by atoms with Gasteiger partial charge in [-0.05, 0) is 44.4 Å². The number of Topliss-reactive ketones (excluding diaryl/α,β-unsaturated/α-hetero) is 1. The highest BCUT2D eigenvalue weighted by Gasteiger charge is 2.34. The van der Waals surface area contributed by atoms with E-state index in [1.165, 1.54) is 4.80 Å². The Bertz CT molecular complexity index is 1030. The van der Waals surface area contributed by atoms with E-state index in [0.717, 1.165) is 24.0 Å². The highest BCUT2D eigenvalue weighted by atomic mass is 16.2. The standard InChI is InChI=1S/C24H26N4O2/c1-17-8-11-22(28-25-12-13-26-28)21(14-17)24(30)27-16-20(10-9-18(27)2)23(29)15-19-6-4-3-5-7-19/h3-8,11-14,18,20H,9-10,15-16H2,1-2H3/t18-,20+/m0/s1. The molecule has 0 bridgehead atoms. The van der Waals surface area contributed by atoms with E-state index in [2.05, 4.69) is 17.1 Å². The Morgan fingerprint density at radius 1 is 1.03 bits per heavy atom. The molecule has 1 saturated heterocycles. The normalized spacial score (nSPS) is 18.9. The van der Waals surface area contributed by atoms with Crippen molar-refractivity contribution in [2.45, 2.75) is 39.2 Å². The van der Waals surface area contributed by atoms with Crippen molar-refractivity contribution in [3.8, 4) is 5.69 Å². The SMILES string of the molecule is Cc1ccc(-n2nccn2)c(C(=O)N2C[C@H](C(=O)Cc3ccccc3)CC[C@@H]2C)c1. The molecule has 1 amide bonds. The zero-order valence-electron chi connectivity index (χ0n) is 17.4. The number of hydrogen-bond acceptors (Lipinski definition) is 4. The van der Waals surface area contributed by atoms with Crippen LogP contribution in [0.15, 0.2) is 60.9 Å². The van der Waals surface area contributed by atoms with Gasteiger partial charge in [-0.15, -0.1) is 0 Å². The number of rotatable bonds is 5. The summed E-state index contributed by atoms with van der Waals surface area (Å²) in [6, 6.07) is 15.6. The first-order valence-electron chi connectivity index (χ1n) is 10.4. The number of aryl methyl sites for hydroxylation is 1. The molecule has 1 aliphatic heterocycles. The van der Waals surface area contributed by atoms with Crippen LogP contribution < -0.4 is 0 Å². The van der Waals surface area contributed by atoms with Crippen LogP contribution in [0.25, 0.3) is 5.69 Å². The van der Waals surface area contributed by atoms with E-state index in [4.69, 9.17) is 0 Å². The van der Waals surface area contributed by atoms with E-state index in [-0.39, 0.29) is 23.7 Å². The van der Waals surface area contributed by atoms with E-state index in [0.29, 0.717) is 24.2 Å². The first kappa shape index (κ1) is 20.0. The lowest BCUT2D eigenvalue weighted by Gasteiger charge is -2.38. The highest BCUT2D eigenvalue weighted by Crippen LogP contribution is 2.27. The third-order valence-corrected chi connectivity index (χ3v) is 5.84. The lowest BCUT2D eigenvalue weighted by atomic mass is 9.87. The van der Waals surface area contributed by atoms with Gasteiger partial charge in [0.2, 0.25) is 0 Å². The van der Waals surface area contributed by atoms with Crippen LogP contribution in [0, 0.1) is 12.8 Å². The fraction of sp³-hybridized carbons (Fsp3) is 0.333. The summed E-state index contributed by atoms with van der Waals surface area (Å²) < 4.78 is 0. The van der Waals surface area contributed by atoms with Crippen LogP contribution in [0.5, 0.6) is 0 Å². The summed E-state index contributed by atoms with van der Waals surface area (Å²) in [5.74, 6) is -0.0127. The van der Waals surface area contributed by atoms with Crippen LogP contribution in [0.2, 0.25) is 0 Å². The predicted molar refractivity (Wildman–Crippen MR) is 114 cm³/mol. The van der Waals surface area contributed by atoms with Gasteiger partial charge in [-0.3, -0.25) is 9.59 Å². The molecule has 2 aromatic carbocycles. The molecule has 154 valence electrons. The first-order chi connectivity index (χ1) is 14.5. The number of nitrogens with zero attached hydrogens (tertiary/aromatic N) is 4. The molecule has 0 radical (unpaired) electrons. The zero-order chi connectivity index (χ0) is 21.1. The Morgan fingerprint density at radius 2 is 1.77 bits per heavy atom. The number of ketones is 1. The van der Waals surface area contributed by atoms with Crippen molar-refractivity contribution in [1.82, 2.24) is 19.9 Å². The Labute approximate surface area is 176 Å². The lowest BCUT2D eigenvalue weighted by Crippen LogP contribution is -2.47. The molecule has 0 unspecified atom stereocenters. The van der Waals surface area contributed by atoms with Crippen LogP contribution >= 0.6 is 0 Å².